The Labute approximate surface area is 224 Å². The predicted molar refractivity (Wildman–Crippen MR) is 141 cm³/mol. The van der Waals surface area contributed by atoms with E-state index in [1.165, 1.54) is 29.0 Å². The van der Waals surface area contributed by atoms with Gasteiger partial charge >= 0.3 is 11.9 Å². The van der Waals surface area contributed by atoms with E-state index < -0.39 is 36.1 Å². The lowest BCUT2D eigenvalue weighted by Gasteiger charge is -2.23. The van der Waals surface area contributed by atoms with Crippen LogP contribution in [0.5, 0.6) is 0 Å². The van der Waals surface area contributed by atoms with Crippen molar-refractivity contribution in [1.29, 1.82) is 0 Å². The first-order chi connectivity index (χ1) is 18.4. The number of thiophene rings is 1. The topological polar surface area (TPSA) is 98.8 Å². The minimum Gasteiger partial charge on any atom is -0.462 e. The van der Waals surface area contributed by atoms with Gasteiger partial charge in [0.2, 0.25) is 5.91 Å². The molecule has 0 unspecified atom stereocenters. The molecular formula is C29H28FNO6S. The Hall–Kier alpha value is -3.85. The summed E-state index contributed by atoms with van der Waals surface area (Å²) in [6.07, 6.45) is 1.93. The number of carbonyl (C=O) groups is 4. The molecule has 0 spiro atoms. The summed E-state index contributed by atoms with van der Waals surface area (Å²) >= 11 is 1.37. The number of anilines is 1. The van der Waals surface area contributed by atoms with E-state index in [2.05, 4.69) is 17.4 Å². The summed E-state index contributed by atoms with van der Waals surface area (Å²) < 4.78 is 23.2. The number of fused-ring (bicyclic) bond motifs is 1. The van der Waals surface area contributed by atoms with Crippen LogP contribution in [0.25, 0.3) is 0 Å². The molecule has 1 aromatic heterocycles. The largest absolute Gasteiger partial charge is 0.462 e. The predicted octanol–water partition coefficient (Wildman–Crippen LogP) is 5.48. The van der Waals surface area contributed by atoms with Crippen molar-refractivity contribution in [2.75, 3.05) is 18.5 Å². The normalized spacial score (nSPS) is 14.3. The zero-order valence-corrected chi connectivity index (χ0v) is 21.8. The minimum absolute atomic E-state index is 0.180. The van der Waals surface area contributed by atoms with Crippen molar-refractivity contribution < 1.29 is 33.0 Å². The van der Waals surface area contributed by atoms with Crippen molar-refractivity contribution >= 4 is 40.0 Å². The summed E-state index contributed by atoms with van der Waals surface area (Å²) in [5.74, 6) is -2.25. The van der Waals surface area contributed by atoms with Gasteiger partial charge in [0.25, 0.3) is 0 Å². The summed E-state index contributed by atoms with van der Waals surface area (Å²) in [7, 11) is 0. The van der Waals surface area contributed by atoms with Crippen LogP contribution in [0.1, 0.15) is 68.8 Å². The fourth-order valence-corrected chi connectivity index (χ4v) is 5.78. The van der Waals surface area contributed by atoms with Crippen LogP contribution in [0, 0.1) is 5.82 Å². The molecule has 1 aliphatic carbocycles. The van der Waals surface area contributed by atoms with Crippen molar-refractivity contribution in [3.8, 4) is 0 Å². The first-order valence-electron chi connectivity index (χ1n) is 12.5. The molecule has 0 fully saturated rings. The first kappa shape index (κ1) is 27.2. The molecule has 1 N–H and O–H groups in total. The van der Waals surface area contributed by atoms with E-state index in [9.17, 15) is 23.6 Å². The molecule has 2 aromatic carbocycles. The van der Waals surface area contributed by atoms with Crippen molar-refractivity contribution in [3.63, 3.8) is 0 Å². The zero-order chi connectivity index (χ0) is 27.1. The Bertz CT molecular complexity index is 1320. The summed E-state index contributed by atoms with van der Waals surface area (Å²) in [5, 5.41) is 3.20. The van der Waals surface area contributed by atoms with Crippen LogP contribution >= 0.6 is 11.3 Å². The molecule has 4 rings (SSSR count). The molecule has 0 aliphatic heterocycles. The monoisotopic (exact) mass is 537 g/mol. The molecule has 0 saturated carbocycles. The number of amides is 1. The van der Waals surface area contributed by atoms with E-state index in [-0.39, 0.29) is 25.0 Å². The number of Topliss-reactive ketones (excluding diaryl/α,β-unsaturated/α-hetero) is 1. The number of hydrogen-bond acceptors (Lipinski definition) is 7. The molecule has 1 atom stereocenters. The molecule has 0 radical (unpaired) electrons. The molecule has 7 nitrogen and oxygen atoms in total. The molecule has 1 heterocycles. The summed E-state index contributed by atoms with van der Waals surface area (Å²) in [6.45, 7) is 1.44. The van der Waals surface area contributed by atoms with Crippen LogP contribution in [-0.4, -0.2) is 36.8 Å². The number of benzene rings is 2. The van der Waals surface area contributed by atoms with E-state index in [0.29, 0.717) is 22.9 Å². The van der Waals surface area contributed by atoms with Crippen LogP contribution in [0.3, 0.4) is 0 Å². The van der Waals surface area contributed by atoms with Crippen molar-refractivity contribution in [2.24, 2.45) is 0 Å². The van der Waals surface area contributed by atoms with Gasteiger partial charge in [0, 0.05) is 16.9 Å². The van der Waals surface area contributed by atoms with E-state index in [4.69, 9.17) is 9.47 Å². The van der Waals surface area contributed by atoms with Gasteiger partial charge in [0.05, 0.1) is 18.6 Å². The minimum atomic E-state index is -0.711. The quantitative estimate of drug-likeness (QED) is 0.272. The van der Waals surface area contributed by atoms with Crippen LogP contribution in [0.2, 0.25) is 0 Å². The number of halogens is 1. The van der Waals surface area contributed by atoms with E-state index in [1.807, 2.05) is 18.2 Å². The van der Waals surface area contributed by atoms with Crippen LogP contribution < -0.4 is 5.32 Å². The number of nitrogens with one attached hydrogen (secondary N) is 1. The van der Waals surface area contributed by atoms with E-state index >= 15 is 0 Å². The highest BCUT2D eigenvalue weighted by Gasteiger charge is 2.31. The van der Waals surface area contributed by atoms with E-state index in [1.54, 1.807) is 6.92 Å². The smallest absolute Gasteiger partial charge is 0.341 e. The van der Waals surface area contributed by atoms with Gasteiger partial charge in [0.15, 0.2) is 12.4 Å². The maximum absolute atomic E-state index is 13.0. The third kappa shape index (κ3) is 6.72. The Kier molecular flexibility index (Phi) is 9.02. The van der Waals surface area contributed by atoms with Gasteiger partial charge in [-0.3, -0.25) is 14.4 Å². The highest BCUT2D eigenvalue weighted by atomic mass is 32.1. The van der Waals surface area contributed by atoms with Crippen LogP contribution in [0.15, 0.2) is 54.6 Å². The fourth-order valence-electron chi connectivity index (χ4n) is 4.44. The van der Waals surface area contributed by atoms with Gasteiger partial charge in [0.1, 0.15) is 10.8 Å². The van der Waals surface area contributed by atoms with Crippen molar-refractivity contribution in [1.82, 2.24) is 0 Å². The second-order valence-corrected chi connectivity index (χ2v) is 10.0. The molecule has 1 amide bonds. The lowest BCUT2D eigenvalue weighted by molar-refractivity contribution is -0.143. The Morgan fingerprint density at radius 1 is 1.00 bits per heavy atom. The van der Waals surface area contributed by atoms with Gasteiger partial charge in [-0.25, -0.2) is 9.18 Å². The second-order valence-electron chi connectivity index (χ2n) is 8.92. The summed E-state index contributed by atoms with van der Waals surface area (Å²) in [5.41, 5.74) is 2.76. The third-order valence-corrected chi connectivity index (χ3v) is 7.53. The maximum Gasteiger partial charge on any atom is 0.341 e. The first-order valence-corrected chi connectivity index (χ1v) is 13.3. The van der Waals surface area contributed by atoms with Gasteiger partial charge in [-0.2, -0.15) is 0 Å². The van der Waals surface area contributed by atoms with Crippen LogP contribution in [-0.2, 0) is 31.9 Å². The molecule has 38 heavy (non-hydrogen) atoms. The van der Waals surface area contributed by atoms with Gasteiger partial charge in [-0.15, -0.1) is 11.3 Å². The van der Waals surface area contributed by atoms with Crippen molar-refractivity contribution in [2.45, 2.75) is 44.9 Å². The van der Waals surface area contributed by atoms with Crippen LogP contribution in [0.4, 0.5) is 9.39 Å². The molecule has 0 saturated heterocycles. The lowest BCUT2D eigenvalue weighted by Crippen LogP contribution is -2.19. The molecule has 0 bridgehead atoms. The SMILES string of the molecule is CCOC(=O)c1c(NC(=O)CCC(=O)OCC(=O)c2ccc(F)cc2)sc2c1CC[C@H](c1ccccc1)C2. The number of ketones is 1. The Balaban J connectivity index is 1.36. The lowest BCUT2D eigenvalue weighted by atomic mass is 9.83. The number of rotatable bonds is 10. The highest BCUT2D eigenvalue weighted by molar-refractivity contribution is 7.17. The number of carbonyl (C=O) groups excluding carboxylic acids is 4. The summed E-state index contributed by atoms with van der Waals surface area (Å²) in [6, 6.07) is 15.1. The average Bonchev–Trinajstić information content (AvgIpc) is 3.28. The Morgan fingerprint density at radius 3 is 2.45 bits per heavy atom. The zero-order valence-electron chi connectivity index (χ0n) is 21.0. The second kappa shape index (κ2) is 12.6. The van der Waals surface area contributed by atoms with Gasteiger partial charge < -0.3 is 14.8 Å². The number of hydrogen-bond donors (Lipinski definition) is 1. The molecule has 3 aromatic rings. The number of esters is 2. The fraction of sp³-hybridized carbons (Fsp3) is 0.310. The van der Waals surface area contributed by atoms with Crippen molar-refractivity contribution in [3.05, 3.63) is 87.5 Å². The average molecular weight is 538 g/mol. The highest BCUT2D eigenvalue weighted by Crippen LogP contribution is 2.42. The standard InChI is InChI=1S/C29H28FNO6S/c1-2-36-29(35)27-22-13-10-20(18-6-4-3-5-7-18)16-24(22)38-28(27)31-25(33)14-15-26(34)37-17-23(32)19-8-11-21(30)12-9-19/h3-9,11-12,20H,2,10,13-17H2,1H3,(H,31,33)/t20-/m0/s1. The third-order valence-electron chi connectivity index (χ3n) is 6.36. The Morgan fingerprint density at radius 2 is 1.74 bits per heavy atom. The summed E-state index contributed by atoms with van der Waals surface area (Å²) in [4.78, 5) is 50.7. The molecular weight excluding hydrogens is 509 g/mol. The van der Waals surface area contributed by atoms with Gasteiger partial charge in [-0.1, -0.05) is 30.3 Å². The van der Waals surface area contributed by atoms with Gasteiger partial charge in [-0.05, 0) is 67.5 Å². The molecule has 9 heteroatoms. The molecule has 1 aliphatic rings. The van der Waals surface area contributed by atoms with E-state index in [0.717, 1.165) is 35.4 Å². The number of ether oxygens (including phenoxy) is 2. The molecule has 198 valence electrons. The maximum atomic E-state index is 13.0.